The molecule has 1 atom stereocenters. The average molecular weight is 708 g/mol. The lowest BCUT2D eigenvalue weighted by Gasteiger charge is -2.11. The maximum Gasteiger partial charge on any atom is 0.271 e. The highest BCUT2D eigenvalue weighted by atomic mass is 16.5. The average Bonchev–Trinajstić information content (AvgIpc) is 3.57. The smallest absolute Gasteiger partial charge is 0.271 e. The zero-order valence-corrected chi connectivity index (χ0v) is 31.6. The Morgan fingerprint density at radius 3 is 2.12 bits per heavy atom. The molecule has 0 radical (unpaired) electrons. The molecular weight excluding hydrogens is 654 g/mol. The molecule has 2 heterocycles. The summed E-state index contributed by atoms with van der Waals surface area (Å²) in [7, 11) is 6.81. The van der Waals surface area contributed by atoms with E-state index < -0.39 is 5.91 Å². The van der Waals surface area contributed by atoms with E-state index in [2.05, 4.69) is 48.3 Å². The summed E-state index contributed by atoms with van der Waals surface area (Å²) in [6, 6.07) is 12.8. The Kier molecular flexibility index (Phi) is 19.2. The van der Waals surface area contributed by atoms with Crippen LogP contribution in [0.2, 0.25) is 0 Å². The second-order valence-corrected chi connectivity index (χ2v) is 11.2. The van der Waals surface area contributed by atoms with E-state index in [4.69, 9.17) is 24.7 Å². The van der Waals surface area contributed by atoms with E-state index in [1.807, 2.05) is 49.7 Å². The third-order valence-corrected chi connectivity index (χ3v) is 7.12. The second-order valence-electron chi connectivity index (χ2n) is 11.2. The number of nitrogens with zero attached hydrogens (tertiary/aromatic N) is 6. The maximum absolute atomic E-state index is 11.7. The molecule has 4 rings (SSSR count). The predicted molar refractivity (Wildman–Crippen MR) is 199 cm³/mol. The number of carbonyl (C=O) groups excluding carboxylic acids is 3. The molecule has 51 heavy (non-hydrogen) atoms. The molecule has 0 aliphatic heterocycles. The van der Waals surface area contributed by atoms with Gasteiger partial charge in [0.25, 0.3) is 5.91 Å². The first-order chi connectivity index (χ1) is 24.2. The summed E-state index contributed by atoms with van der Waals surface area (Å²) in [5.74, 6) is 0.331. The molecule has 0 spiro atoms. The number of carbonyl (C=O) groups is 3. The van der Waals surface area contributed by atoms with Gasteiger partial charge in [0.05, 0.1) is 31.0 Å². The minimum atomic E-state index is -0.566. The summed E-state index contributed by atoms with van der Waals surface area (Å²) in [5, 5.41) is 4.25. The van der Waals surface area contributed by atoms with Gasteiger partial charge in [-0.15, -0.1) is 0 Å². The molecule has 0 unspecified atom stereocenters. The van der Waals surface area contributed by atoms with Gasteiger partial charge >= 0.3 is 0 Å². The van der Waals surface area contributed by atoms with Crippen LogP contribution in [-0.4, -0.2) is 77.4 Å². The van der Waals surface area contributed by atoms with Gasteiger partial charge in [0, 0.05) is 51.2 Å². The molecule has 0 fully saturated rings. The molecular formula is C37H53N7O7. The Hall–Kier alpha value is -5.34. The summed E-state index contributed by atoms with van der Waals surface area (Å²) >= 11 is 0. The minimum Gasteiger partial charge on any atom is -0.497 e. The summed E-state index contributed by atoms with van der Waals surface area (Å²) in [6.45, 7) is 20.8. The molecule has 14 heteroatoms. The molecule has 2 N–H and O–H groups in total. The molecule has 4 aromatic rings. The monoisotopic (exact) mass is 707 g/mol. The van der Waals surface area contributed by atoms with Crippen LogP contribution < -0.4 is 20.8 Å². The number of nitrogens with two attached hydrogens (primary N) is 1. The van der Waals surface area contributed by atoms with E-state index in [1.165, 1.54) is 5.69 Å². The topological polar surface area (TPSA) is 167 Å². The second kappa shape index (κ2) is 22.4. The molecule has 0 saturated heterocycles. The van der Waals surface area contributed by atoms with Crippen molar-refractivity contribution in [2.45, 2.75) is 60.8 Å². The quantitative estimate of drug-likeness (QED) is 0.126. The van der Waals surface area contributed by atoms with E-state index in [1.54, 1.807) is 56.5 Å². The van der Waals surface area contributed by atoms with Crippen LogP contribution in [0.1, 0.15) is 55.0 Å². The number of methoxy groups -OCH3 is 2. The molecule has 0 aliphatic carbocycles. The van der Waals surface area contributed by atoms with Crippen LogP contribution in [0.15, 0.2) is 64.6 Å². The van der Waals surface area contributed by atoms with Gasteiger partial charge in [0.2, 0.25) is 17.9 Å². The van der Waals surface area contributed by atoms with Crippen molar-refractivity contribution in [1.82, 2.24) is 18.9 Å². The van der Waals surface area contributed by atoms with E-state index in [-0.39, 0.29) is 18.6 Å². The maximum atomic E-state index is 11.7. The summed E-state index contributed by atoms with van der Waals surface area (Å²) in [5.41, 5.74) is 11.3. The third kappa shape index (κ3) is 13.8. The number of aromatic nitrogens is 4. The van der Waals surface area contributed by atoms with Gasteiger partial charge in [-0.3, -0.25) is 19.1 Å². The number of rotatable bonds is 12. The first-order valence-corrected chi connectivity index (χ1v) is 16.2. The van der Waals surface area contributed by atoms with Crippen LogP contribution in [0.25, 0.3) is 11.0 Å². The fraction of sp³-hybridized carbons (Fsp3) is 0.405. The number of hydrogen-bond donors (Lipinski definition) is 1. The van der Waals surface area contributed by atoms with E-state index >= 15 is 0 Å². The van der Waals surface area contributed by atoms with Crippen molar-refractivity contribution in [1.29, 1.82) is 0 Å². The molecule has 0 aliphatic rings. The largest absolute Gasteiger partial charge is 0.497 e. The van der Waals surface area contributed by atoms with Crippen molar-refractivity contribution >= 4 is 36.0 Å². The zero-order valence-electron chi connectivity index (χ0n) is 31.6. The molecule has 3 amide bonds. The van der Waals surface area contributed by atoms with Crippen molar-refractivity contribution in [3.63, 3.8) is 0 Å². The Morgan fingerprint density at radius 2 is 1.71 bits per heavy atom. The van der Waals surface area contributed by atoms with Crippen LogP contribution in [0.5, 0.6) is 11.5 Å². The van der Waals surface area contributed by atoms with Gasteiger partial charge in [-0.1, -0.05) is 18.7 Å². The first kappa shape index (κ1) is 43.7. The van der Waals surface area contributed by atoms with E-state index in [9.17, 15) is 14.4 Å². The molecule has 0 bridgehead atoms. The fourth-order valence-corrected chi connectivity index (χ4v) is 4.67. The van der Waals surface area contributed by atoms with Crippen molar-refractivity contribution < 1.29 is 33.3 Å². The Bertz CT molecular complexity index is 1810. The number of primary amides is 1. The van der Waals surface area contributed by atoms with Crippen molar-refractivity contribution in [2.24, 2.45) is 29.8 Å². The van der Waals surface area contributed by atoms with Gasteiger partial charge in [-0.05, 0) is 84.2 Å². The Morgan fingerprint density at radius 1 is 1.06 bits per heavy atom. The van der Waals surface area contributed by atoms with Gasteiger partial charge in [0.15, 0.2) is 0 Å². The van der Waals surface area contributed by atoms with Crippen molar-refractivity contribution in [3.8, 4) is 11.5 Å². The molecule has 0 saturated carbocycles. The summed E-state index contributed by atoms with van der Waals surface area (Å²) < 4.78 is 26.6. The highest BCUT2D eigenvalue weighted by molar-refractivity contribution is 5.98. The first-order valence-electron chi connectivity index (χ1n) is 16.2. The third-order valence-electron chi connectivity index (χ3n) is 7.12. The number of hydrogen-bond acceptors (Lipinski definition) is 8. The number of aliphatic imine (C=N–C) groups is 1. The van der Waals surface area contributed by atoms with E-state index in [0.29, 0.717) is 46.6 Å². The lowest BCUT2D eigenvalue weighted by Crippen LogP contribution is -2.22. The summed E-state index contributed by atoms with van der Waals surface area (Å²) in [6.07, 6.45) is 0.714. The van der Waals surface area contributed by atoms with E-state index in [0.717, 1.165) is 30.2 Å². The molecule has 14 nitrogen and oxygen atoms in total. The minimum absolute atomic E-state index is 0.241. The van der Waals surface area contributed by atoms with Crippen LogP contribution in [0, 0.1) is 13.8 Å². The van der Waals surface area contributed by atoms with Gasteiger partial charge in [-0.2, -0.15) is 10.1 Å². The lowest BCUT2D eigenvalue weighted by atomic mass is 10.1. The molecule has 2 aromatic heterocycles. The highest BCUT2D eigenvalue weighted by Gasteiger charge is 2.16. The fourth-order valence-electron chi connectivity index (χ4n) is 4.67. The normalized spacial score (nSPS) is 11.1. The zero-order chi connectivity index (χ0) is 38.7. The Labute approximate surface area is 300 Å². The van der Waals surface area contributed by atoms with Gasteiger partial charge in [0.1, 0.15) is 23.6 Å². The summed E-state index contributed by atoms with van der Waals surface area (Å²) in [4.78, 5) is 39.7. The van der Waals surface area contributed by atoms with Crippen LogP contribution >= 0.6 is 0 Å². The Balaban J connectivity index is 0.000000439. The SMILES string of the molecule is C=NC(=O)C(=C)C.CCO[C@H](C)COC.CCn1nc(C)cc1C.COc1ccc(COc2cc(C(N)=O)cc3c2n(C)c(=NC=O)n3C)cc1. The van der Waals surface area contributed by atoms with Gasteiger partial charge < -0.3 is 33.8 Å². The molecule has 278 valence electrons. The van der Waals surface area contributed by atoms with Crippen LogP contribution in [0.4, 0.5) is 0 Å². The number of imidazole rings is 1. The number of fused-ring (bicyclic) bond motifs is 1. The number of benzene rings is 2. The predicted octanol–water partition coefficient (Wildman–Crippen LogP) is 4.63. The standard InChI is InChI=1S/C19H20N4O4.C7H12N2.C6H14O2.C5H7NO/c1-22-15-8-13(18(20)25)9-16(17(15)23(2)19(22)21-11-24)27-10-12-4-6-14(26-3)7-5-12;1-4-9-7(3)5-6(2)8-9;1-4-8-6(2)5-7-3;1-4(2)5(7)6-3/h4-9,11H,10H2,1-3H3,(H2,20,25);5H,4H2,1-3H3;6H,4-5H2,1-3H3;1,3H2,2H3/t;;6-;/m..1./s1. The number of ether oxygens (including phenoxy) is 4. The highest BCUT2D eigenvalue weighted by Crippen LogP contribution is 2.27. The molecule has 2 aromatic carbocycles. The number of amides is 3. The van der Waals surface area contributed by atoms with Crippen molar-refractivity contribution in [3.05, 3.63) is 82.7 Å². The van der Waals surface area contributed by atoms with Crippen LogP contribution in [-0.2, 0) is 46.3 Å². The number of aryl methyl sites for hydroxylation is 5. The van der Waals surface area contributed by atoms with Crippen LogP contribution in [0.3, 0.4) is 0 Å². The van der Waals surface area contributed by atoms with Crippen molar-refractivity contribution in [2.75, 3.05) is 27.4 Å². The lowest BCUT2D eigenvalue weighted by molar-refractivity contribution is -0.114. The van der Waals surface area contributed by atoms with Gasteiger partial charge in [-0.25, -0.2) is 4.99 Å².